The number of benzene rings is 1. The summed E-state index contributed by atoms with van der Waals surface area (Å²) >= 11 is 0. The minimum absolute atomic E-state index is 0.469. The summed E-state index contributed by atoms with van der Waals surface area (Å²) in [7, 11) is 1.35. The molecule has 112 valence electrons. The van der Waals surface area contributed by atoms with Crippen molar-refractivity contribution in [2.45, 2.75) is 26.4 Å². The number of amides is 1. The summed E-state index contributed by atoms with van der Waals surface area (Å²) in [6, 6.07) is 9.65. The van der Waals surface area contributed by atoms with E-state index < -0.39 is 6.09 Å². The fraction of sp³-hybridized carbons (Fsp3) is 0.312. The van der Waals surface area contributed by atoms with E-state index in [4.69, 9.17) is 0 Å². The molecule has 0 saturated heterocycles. The molecular formula is C16H21N3O2. The topological polar surface area (TPSA) is 55.3 Å². The Morgan fingerprint density at radius 2 is 2.10 bits per heavy atom. The molecule has 0 radical (unpaired) electrons. The SMILES string of the molecule is CCCn1ccc(CNc2cccc(NC(=O)OC)c2)c1. The molecule has 5 heteroatoms. The Morgan fingerprint density at radius 1 is 1.29 bits per heavy atom. The summed E-state index contributed by atoms with van der Waals surface area (Å²) in [6.07, 6.45) is 4.90. The van der Waals surface area contributed by atoms with Gasteiger partial charge in [0.15, 0.2) is 0 Å². The van der Waals surface area contributed by atoms with Gasteiger partial charge in [0.1, 0.15) is 0 Å². The van der Waals surface area contributed by atoms with E-state index in [1.54, 1.807) is 0 Å². The second kappa shape index (κ2) is 7.38. The lowest BCUT2D eigenvalue weighted by Gasteiger charge is -2.08. The second-order valence-corrected chi connectivity index (χ2v) is 4.81. The van der Waals surface area contributed by atoms with Gasteiger partial charge in [0.05, 0.1) is 7.11 Å². The highest BCUT2D eigenvalue weighted by Gasteiger charge is 2.02. The molecule has 0 aliphatic rings. The molecule has 1 aromatic carbocycles. The van der Waals surface area contributed by atoms with Gasteiger partial charge in [0.25, 0.3) is 0 Å². The van der Waals surface area contributed by atoms with Crippen LogP contribution in [0.3, 0.4) is 0 Å². The van der Waals surface area contributed by atoms with Crippen molar-refractivity contribution < 1.29 is 9.53 Å². The number of hydrogen-bond acceptors (Lipinski definition) is 3. The fourth-order valence-electron chi connectivity index (χ4n) is 2.07. The lowest BCUT2D eigenvalue weighted by atomic mass is 10.2. The molecule has 0 unspecified atom stereocenters. The van der Waals surface area contributed by atoms with Crippen LogP contribution < -0.4 is 10.6 Å². The van der Waals surface area contributed by atoms with Gasteiger partial charge in [-0.3, -0.25) is 5.32 Å². The minimum atomic E-state index is -0.469. The summed E-state index contributed by atoms with van der Waals surface area (Å²) in [5.41, 5.74) is 2.89. The van der Waals surface area contributed by atoms with Crippen LogP contribution in [-0.4, -0.2) is 17.8 Å². The highest BCUT2D eigenvalue weighted by Crippen LogP contribution is 2.16. The summed E-state index contributed by atoms with van der Waals surface area (Å²) in [4.78, 5) is 11.2. The van der Waals surface area contributed by atoms with Gasteiger partial charge in [-0.2, -0.15) is 0 Å². The van der Waals surface area contributed by atoms with Crippen LogP contribution in [0.1, 0.15) is 18.9 Å². The number of rotatable bonds is 6. The highest BCUT2D eigenvalue weighted by atomic mass is 16.5. The van der Waals surface area contributed by atoms with Crippen LogP contribution in [0.2, 0.25) is 0 Å². The number of hydrogen-bond donors (Lipinski definition) is 2. The Hall–Kier alpha value is -2.43. The molecule has 0 aliphatic heterocycles. The third kappa shape index (κ3) is 4.56. The molecule has 1 amide bonds. The Kier molecular flexibility index (Phi) is 5.26. The number of carbonyl (C=O) groups excluding carboxylic acids is 1. The Balaban J connectivity index is 1.93. The van der Waals surface area contributed by atoms with E-state index in [1.165, 1.54) is 12.7 Å². The maximum atomic E-state index is 11.2. The molecular weight excluding hydrogens is 266 g/mol. The van der Waals surface area contributed by atoms with Crippen molar-refractivity contribution in [3.8, 4) is 0 Å². The zero-order valence-corrected chi connectivity index (χ0v) is 12.4. The summed E-state index contributed by atoms with van der Waals surface area (Å²) in [5.74, 6) is 0. The molecule has 0 bridgehead atoms. The third-order valence-corrected chi connectivity index (χ3v) is 3.08. The van der Waals surface area contributed by atoms with Crippen molar-refractivity contribution in [1.82, 2.24) is 4.57 Å². The van der Waals surface area contributed by atoms with E-state index in [0.717, 1.165) is 25.2 Å². The zero-order chi connectivity index (χ0) is 15.1. The van der Waals surface area contributed by atoms with Gasteiger partial charge in [0, 0.05) is 36.9 Å². The number of nitrogens with zero attached hydrogens (tertiary/aromatic N) is 1. The summed E-state index contributed by atoms with van der Waals surface area (Å²) < 4.78 is 6.76. The van der Waals surface area contributed by atoms with Crippen LogP contribution in [0.5, 0.6) is 0 Å². The van der Waals surface area contributed by atoms with Crippen LogP contribution in [0.25, 0.3) is 0 Å². The Morgan fingerprint density at radius 3 is 2.86 bits per heavy atom. The molecule has 21 heavy (non-hydrogen) atoms. The van der Waals surface area contributed by atoms with Gasteiger partial charge in [0.2, 0.25) is 0 Å². The maximum Gasteiger partial charge on any atom is 0.411 e. The first kappa shape index (κ1) is 15.0. The lowest BCUT2D eigenvalue weighted by molar-refractivity contribution is 0.187. The molecule has 2 N–H and O–H groups in total. The second-order valence-electron chi connectivity index (χ2n) is 4.81. The van der Waals surface area contributed by atoms with Crippen LogP contribution in [0.4, 0.5) is 16.2 Å². The van der Waals surface area contributed by atoms with Crippen molar-refractivity contribution in [3.63, 3.8) is 0 Å². The molecule has 5 nitrogen and oxygen atoms in total. The molecule has 0 aliphatic carbocycles. The maximum absolute atomic E-state index is 11.2. The van der Waals surface area contributed by atoms with Crippen molar-refractivity contribution in [2.24, 2.45) is 0 Å². The first-order valence-corrected chi connectivity index (χ1v) is 7.05. The monoisotopic (exact) mass is 287 g/mol. The number of carbonyl (C=O) groups is 1. The van der Waals surface area contributed by atoms with E-state index in [9.17, 15) is 4.79 Å². The average molecular weight is 287 g/mol. The fourth-order valence-corrected chi connectivity index (χ4v) is 2.07. The minimum Gasteiger partial charge on any atom is -0.453 e. The summed E-state index contributed by atoms with van der Waals surface area (Å²) in [5, 5.41) is 5.99. The van der Waals surface area contributed by atoms with Crippen molar-refractivity contribution in [1.29, 1.82) is 0 Å². The standard InChI is InChI=1S/C16H21N3O2/c1-3-8-19-9-7-13(12-19)11-17-14-5-4-6-15(10-14)18-16(20)21-2/h4-7,9-10,12,17H,3,8,11H2,1-2H3,(H,18,20). The normalized spacial score (nSPS) is 10.2. The van der Waals surface area contributed by atoms with E-state index in [2.05, 4.69) is 45.3 Å². The lowest BCUT2D eigenvalue weighted by Crippen LogP contribution is -2.11. The number of anilines is 2. The van der Waals surface area contributed by atoms with Gasteiger partial charge < -0.3 is 14.6 Å². The first-order valence-electron chi connectivity index (χ1n) is 7.05. The number of aryl methyl sites for hydroxylation is 1. The van der Waals surface area contributed by atoms with E-state index in [1.807, 2.05) is 24.3 Å². The molecule has 0 fully saturated rings. The number of aromatic nitrogens is 1. The van der Waals surface area contributed by atoms with Gasteiger partial charge >= 0.3 is 6.09 Å². The smallest absolute Gasteiger partial charge is 0.411 e. The molecule has 0 saturated carbocycles. The summed E-state index contributed by atoms with van der Waals surface area (Å²) in [6.45, 7) is 3.95. The van der Waals surface area contributed by atoms with Crippen molar-refractivity contribution >= 4 is 17.5 Å². The van der Waals surface area contributed by atoms with E-state index >= 15 is 0 Å². The van der Waals surface area contributed by atoms with Gasteiger partial charge in [-0.05, 0) is 36.2 Å². The molecule has 2 rings (SSSR count). The largest absolute Gasteiger partial charge is 0.453 e. The van der Waals surface area contributed by atoms with Crippen molar-refractivity contribution in [2.75, 3.05) is 17.7 Å². The van der Waals surface area contributed by atoms with E-state index in [-0.39, 0.29) is 0 Å². The predicted octanol–water partition coefficient (Wildman–Crippen LogP) is 3.69. The number of nitrogens with one attached hydrogen (secondary N) is 2. The third-order valence-electron chi connectivity index (χ3n) is 3.08. The van der Waals surface area contributed by atoms with Gasteiger partial charge in [-0.1, -0.05) is 13.0 Å². The zero-order valence-electron chi connectivity index (χ0n) is 12.4. The average Bonchev–Trinajstić information content (AvgIpc) is 2.93. The van der Waals surface area contributed by atoms with E-state index in [0.29, 0.717) is 5.69 Å². The first-order chi connectivity index (χ1) is 10.2. The molecule has 1 aromatic heterocycles. The number of ether oxygens (including phenoxy) is 1. The highest BCUT2D eigenvalue weighted by molar-refractivity contribution is 5.85. The van der Waals surface area contributed by atoms with Crippen LogP contribution >= 0.6 is 0 Å². The molecule has 0 spiro atoms. The Labute approximate surface area is 124 Å². The molecule has 1 heterocycles. The van der Waals surface area contributed by atoms with Gasteiger partial charge in [-0.15, -0.1) is 0 Å². The molecule has 0 atom stereocenters. The van der Waals surface area contributed by atoms with Crippen LogP contribution in [0.15, 0.2) is 42.7 Å². The van der Waals surface area contributed by atoms with Crippen LogP contribution in [-0.2, 0) is 17.8 Å². The molecule has 2 aromatic rings. The predicted molar refractivity (Wildman–Crippen MR) is 84.5 cm³/mol. The van der Waals surface area contributed by atoms with Crippen LogP contribution in [0, 0.1) is 0 Å². The number of methoxy groups -OCH3 is 1. The van der Waals surface area contributed by atoms with Crippen molar-refractivity contribution in [3.05, 3.63) is 48.3 Å². The Bertz CT molecular complexity index is 593. The quantitative estimate of drug-likeness (QED) is 0.852. The van der Waals surface area contributed by atoms with Gasteiger partial charge in [-0.25, -0.2) is 4.79 Å².